The van der Waals surface area contributed by atoms with E-state index in [9.17, 15) is 13.2 Å². The lowest BCUT2D eigenvalue weighted by molar-refractivity contribution is -0.146. The first-order valence-corrected chi connectivity index (χ1v) is 8.51. The summed E-state index contributed by atoms with van der Waals surface area (Å²) in [5.41, 5.74) is 0.0733. The van der Waals surface area contributed by atoms with Crippen molar-refractivity contribution in [3.05, 3.63) is 18.0 Å². The van der Waals surface area contributed by atoms with Gasteiger partial charge in [-0.3, -0.25) is 0 Å². The van der Waals surface area contributed by atoms with Crippen molar-refractivity contribution in [1.29, 1.82) is 0 Å². The summed E-state index contributed by atoms with van der Waals surface area (Å²) < 4.78 is 39.5. The van der Waals surface area contributed by atoms with Crippen molar-refractivity contribution in [1.82, 2.24) is 24.7 Å². The Balaban J connectivity index is 1.70. The van der Waals surface area contributed by atoms with E-state index >= 15 is 0 Å². The molecule has 1 aliphatic heterocycles. The number of nitrogens with zero attached hydrogens (tertiary/aromatic N) is 5. The Hall–Kier alpha value is -1.90. The smallest absolute Gasteiger partial charge is 0.365 e. The topological polar surface area (TPSA) is 58.3 Å². The maximum atomic E-state index is 12.9. The third kappa shape index (κ3) is 4.20. The molecule has 0 bridgehead atoms. The number of rotatable bonds is 4. The van der Waals surface area contributed by atoms with E-state index in [2.05, 4.69) is 39.4 Å². The Labute approximate surface area is 144 Å². The minimum Gasteiger partial charge on any atom is -0.365 e. The van der Waals surface area contributed by atoms with E-state index in [-0.39, 0.29) is 11.7 Å². The summed E-state index contributed by atoms with van der Waals surface area (Å²) in [5.74, 6) is 0.592. The van der Waals surface area contributed by atoms with E-state index in [0.29, 0.717) is 17.7 Å². The average molecular weight is 356 g/mol. The summed E-state index contributed by atoms with van der Waals surface area (Å²) in [5, 5.41) is 13.9. The number of halogens is 3. The van der Waals surface area contributed by atoms with Crippen LogP contribution in [0.4, 0.5) is 19.0 Å². The molecule has 0 spiro atoms. The molecule has 1 N–H and O–H groups in total. The molecule has 0 aromatic carbocycles. The lowest BCUT2D eigenvalue weighted by Crippen LogP contribution is -2.43. The van der Waals surface area contributed by atoms with Gasteiger partial charge in [-0.2, -0.15) is 17.7 Å². The van der Waals surface area contributed by atoms with Crippen LogP contribution in [0.3, 0.4) is 0 Å². The second-order valence-corrected chi connectivity index (χ2v) is 7.22. The van der Waals surface area contributed by atoms with Crippen LogP contribution in [-0.2, 0) is 6.18 Å². The van der Waals surface area contributed by atoms with Crippen molar-refractivity contribution in [3.63, 3.8) is 0 Å². The molecular weight excluding hydrogens is 333 g/mol. The Bertz CT molecular complexity index is 718. The molecule has 0 aliphatic carbocycles. The van der Waals surface area contributed by atoms with Gasteiger partial charge in [0.2, 0.25) is 0 Å². The first kappa shape index (κ1) is 17.9. The fraction of sp³-hybridized carbons (Fsp3) is 0.688. The molecule has 3 rings (SSSR count). The van der Waals surface area contributed by atoms with Gasteiger partial charge in [0.15, 0.2) is 5.65 Å². The Morgan fingerprint density at radius 3 is 2.52 bits per heavy atom. The highest BCUT2D eigenvalue weighted by atomic mass is 19.4. The van der Waals surface area contributed by atoms with Gasteiger partial charge in [-0.05, 0) is 37.3 Å². The molecule has 0 amide bonds. The molecule has 3 atom stereocenters. The molecule has 138 valence electrons. The van der Waals surface area contributed by atoms with E-state index in [4.69, 9.17) is 0 Å². The first-order chi connectivity index (χ1) is 11.7. The number of alkyl halides is 3. The van der Waals surface area contributed by atoms with E-state index in [0.717, 1.165) is 24.1 Å². The van der Waals surface area contributed by atoms with E-state index in [1.165, 1.54) is 12.5 Å². The van der Waals surface area contributed by atoms with Crippen LogP contribution >= 0.6 is 0 Å². The fourth-order valence-electron chi connectivity index (χ4n) is 3.67. The zero-order chi connectivity index (χ0) is 18.2. The van der Waals surface area contributed by atoms with E-state index in [1.54, 1.807) is 6.07 Å². The molecule has 2 aromatic rings. The number of hydrogen-bond acceptors (Lipinski definition) is 5. The SMILES string of the molecule is CC1CC(C)CN(CC(C)Nc2ccc3nnc(C(F)(F)F)n3n2)C1. The summed E-state index contributed by atoms with van der Waals surface area (Å²) in [4.78, 5) is 2.40. The highest BCUT2D eigenvalue weighted by Crippen LogP contribution is 2.27. The van der Waals surface area contributed by atoms with Crippen molar-refractivity contribution in [2.75, 3.05) is 25.0 Å². The van der Waals surface area contributed by atoms with Gasteiger partial charge in [-0.15, -0.1) is 15.3 Å². The van der Waals surface area contributed by atoms with Crippen LogP contribution in [0.1, 0.15) is 33.0 Å². The molecule has 1 aliphatic rings. The molecule has 0 radical (unpaired) electrons. The quantitative estimate of drug-likeness (QED) is 0.913. The predicted octanol–water partition coefficient (Wildman–Crippen LogP) is 2.92. The maximum absolute atomic E-state index is 12.9. The summed E-state index contributed by atoms with van der Waals surface area (Å²) in [6.07, 6.45) is -3.35. The number of nitrogens with one attached hydrogen (secondary N) is 1. The third-order valence-electron chi connectivity index (χ3n) is 4.39. The monoisotopic (exact) mass is 356 g/mol. The van der Waals surface area contributed by atoms with Crippen LogP contribution in [-0.4, -0.2) is 50.4 Å². The van der Waals surface area contributed by atoms with Gasteiger partial charge in [0.25, 0.3) is 5.82 Å². The van der Waals surface area contributed by atoms with Gasteiger partial charge in [-0.1, -0.05) is 13.8 Å². The molecule has 2 aromatic heterocycles. The lowest BCUT2D eigenvalue weighted by atomic mass is 9.92. The molecule has 0 saturated carbocycles. The number of hydrogen-bond donors (Lipinski definition) is 1. The molecule has 1 saturated heterocycles. The van der Waals surface area contributed by atoms with Gasteiger partial charge < -0.3 is 10.2 Å². The highest BCUT2D eigenvalue weighted by Gasteiger charge is 2.37. The number of piperidine rings is 1. The number of fused-ring (bicyclic) bond motifs is 1. The van der Waals surface area contributed by atoms with E-state index in [1.807, 2.05) is 6.92 Å². The van der Waals surface area contributed by atoms with Crippen LogP contribution in [0.25, 0.3) is 5.65 Å². The van der Waals surface area contributed by atoms with Gasteiger partial charge in [0, 0.05) is 25.7 Å². The normalized spacial score (nSPS) is 23.8. The largest absolute Gasteiger partial charge is 0.453 e. The molecule has 25 heavy (non-hydrogen) atoms. The van der Waals surface area contributed by atoms with Crippen molar-refractivity contribution in [3.8, 4) is 0 Å². The number of aromatic nitrogens is 4. The van der Waals surface area contributed by atoms with Gasteiger partial charge in [0.1, 0.15) is 5.82 Å². The Kier molecular flexibility index (Phi) is 4.86. The zero-order valence-electron chi connectivity index (χ0n) is 14.6. The fourth-order valence-corrected chi connectivity index (χ4v) is 3.67. The highest BCUT2D eigenvalue weighted by molar-refractivity contribution is 5.44. The molecular formula is C16H23F3N6. The second kappa shape index (κ2) is 6.78. The Morgan fingerprint density at radius 1 is 1.20 bits per heavy atom. The maximum Gasteiger partial charge on any atom is 0.453 e. The molecule has 3 heterocycles. The number of anilines is 1. The van der Waals surface area contributed by atoms with Crippen molar-refractivity contribution < 1.29 is 13.2 Å². The van der Waals surface area contributed by atoms with E-state index < -0.39 is 12.0 Å². The van der Waals surface area contributed by atoms with Gasteiger partial charge in [0.05, 0.1) is 0 Å². The minimum absolute atomic E-state index is 0.0632. The summed E-state index contributed by atoms with van der Waals surface area (Å²) >= 11 is 0. The van der Waals surface area contributed by atoms with Crippen LogP contribution in [0.5, 0.6) is 0 Å². The van der Waals surface area contributed by atoms with Gasteiger partial charge >= 0.3 is 6.18 Å². The van der Waals surface area contributed by atoms with Crippen LogP contribution in [0.15, 0.2) is 12.1 Å². The first-order valence-electron chi connectivity index (χ1n) is 8.51. The van der Waals surface area contributed by atoms with Gasteiger partial charge in [-0.25, -0.2) is 0 Å². The molecule has 6 nitrogen and oxygen atoms in total. The molecule has 3 unspecified atom stereocenters. The number of likely N-dealkylation sites (tertiary alicyclic amines) is 1. The summed E-state index contributed by atoms with van der Waals surface area (Å²) in [7, 11) is 0. The van der Waals surface area contributed by atoms with Crippen molar-refractivity contribution in [2.45, 2.75) is 39.4 Å². The standard InChI is InChI=1S/C16H23F3N6/c1-10-6-11(2)8-24(7-10)9-12(3)20-13-4-5-14-21-22-15(16(17,18)19)25(14)23-13/h4-5,10-12H,6-9H2,1-3H3,(H,20,23). The summed E-state index contributed by atoms with van der Waals surface area (Å²) in [6.45, 7) is 9.43. The average Bonchev–Trinajstić information content (AvgIpc) is 2.88. The van der Waals surface area contributed by atoms with Crippen LogP contribution < -0.4 is 5.32 Å². The third-order valence-corrected chi connectivity index (χ3v) is 4.39. The van der Waals surface area contributed by atoms with Crippen molar-refractivity contribution in [2.24, 2.45) is 11.8 Å². The Morgan fingerprint density at radius 2 is 1.88 bits per heavy atom. The van der Waals surface area contributed by atoms with Crippen LogP contribution in [0, 0.1) is 11.8 Å². The second-order valence-electron chi connectivity index (χ2n) is 7.22. The van der Waals surface area contributed by atoms with Crippen molar-refractivity contribution >= 4 is 11.5 Å². The summed E-state index contributed by atoms with van der Waals surface area (Å²) in [6, 6.07) is 3.17. The zero-order valence-corrected chi connectivity index (χ0v) is 14.6. The minimum atomic E-state index is -4.59. The lowest BCUT2D eigenvalue weighted by Gasteiger charge is -2.36. The predicted molar refractivity (Wildman–Crippen MR) is 88.3 cm³/mol. The molecule has 9 heteroatoms. The van der Waals surface area contributed by atoms with Crippen LogP contribution in [0.2, 0.25) is 0 Å². The molecule has 1 fully saturated rings.